The molecule has 7 nitrogen and oxygen atoms in total. The third-order valence-electron chi connectivity index (χ3n) is 4.76. The summed E-state index contributed by atoms with van der Waals surface area (Å²) >= 11 is 6.64. The molecule has 29 heavy (non-hydrogen) atoms. The molecule has 2 aromatic rings. The number of thiocarbonyl (C=S) groups is 1. The fourth-order valence-corrected chi connectivity index (χ4v) is 4.64. The number of ether oxygens (including phenoxy) is 1. The zero-order valence-electron chi connectivity index (χ0n) is 16.3. The molecular weight excluding hydrogens is 408 g/mol. The second-order valence-electron chi connectivity index (χ2n) is 7.37. The molecular formula is C20H22N4O3S2. The van der Waals surface area contributed by atoms with Crippen LogP contribution < -0.4 is 10.5 Å². The molecule has 9 heteroatoms. The molecule has 0 atom stereocenters. The number of nitrogens with zero attached hydrogens (tertiary/aromatic N) is 4. The van der Waals surface area contributed by atoms with Crippen LogP contribution in [0.3, 0.4) is 0 Å². The normalized spacial score (nSPS) is 19.2. The van der Waals surface area contributed by atoms with Crippen LogP contribution in [0.15, 0.2) is 34.1 Å². The third-order valence-corrected chi connectivity index (χ3v) is 6.13. The van der Waals surface area contributed by atoms with Crippen molar-refractivity contribution in [3.63, 3.8) is 0 Å². The summed E-state index contributed by atoms with van der Waals surface area (Å²) in [6, 6.07) is 5.44. The van der Waals surface area contributed by atoms with Crippen LogP contribution in [0.5, 0.6) is 0 Å². The standard InChI is InChI=1S/C20H22N4O3S2/c1-13(2)12-24-19(26)15(29-20(24)28)11-14-17(22-7-9-27-10-8-22)21-16-5-3-4-6-23(16)18(14)25/h3-6,11,13H,7-10,12H2,1-2H3. The van der Waals surface area contributed by atoms with Gasteiger partial charge >= 0.3 is 0 Å². The first-order chi connectivity index (χ1) is 14.0. The van der Waals surface area contributed by atoms with E-state index in [4.69, 9.17) is 21.9 Å². The van der Waals surface area contributed by atoms with Gasteiger partial charge in [-0.15, -0.1) is 0 Å². The average molecular weight is 431 g/mol. The monoisotopic (exact) mass is 430 g/mol. The Morgan fingerprint density at radius 3 is 2.76 bits per heavy atom. The summed E-state index contributed by atoms with van der Waals surface area (Å²) in [5, 5.41) is 0. The van der Waals surface area contributed by atoms with Gasteiger partial charge in [-0.3, -0.25) is 18.9 Å². The molecule has 0 radical (unpaired) electrons. The van der Waals surface area contributed by atoms with Crippen molar-refractivity contribution in [1.29, 1.82) is 0 Å². The lowest BCUT2D eigenvalue weighted by Gasteiger charge is -2.29. The number of morpholine rings is 1. The smallest absolute Gasteiger partial charge is 0.267 e. The molecule has 152 valence electrons. The number of aromatic nitrogens is 2. The summed E-state index contributed by atoms with van der Waals surface area (Å²) in [6.07, 6.45) is 3.34. The Morgan fingerprint density at radius 1 is 1.28 bits per heavy atom. The first-order valence-corrected chi connectivity index (χ1v) is 10.8. The van der Waals surface area contributed by atoms with Gasteiger partial charge in [0.25, 0.3) is 11.5 Å². The molecule has 2 fully saturated rings. The molecule has 2 aliphatic rings. The van der Waals surface area contributed by atoms with Crippen LogP contribution in [0.4, 0.5) is 5.82 Å². The largest absolute Gasteiger partial charge is 0.378 e. The van der Waals surface area contributed by atoms with Gasteiger partial charge in [0.15, 0.2) is 0 Å². The zero-order valence-corrected chi connectivity index (χ0v) is 18.0. The van der Waals surface area contributed by atoms with E-state index < -0.39 is 0 Å². The summed E-state index contributed by atoms with van der Waals surface area (Å²) in [5.74, 6) is 0.728. The number of thioether (sulfide) groups is 1. The Balaban J connectivity index is 1.83. The maximum absolute atomic E-state index is 13.3. The minimum absolute atomic E-state index is 0.154. The molecule has 2 saturated heterocycles. The number of hydrogen-bond donors (Lipinski definition) is 0. The van der Waals surface area contributed by atoms with Gasteiger partial charge in [0.1, 0.15) is 15.8 Å². The minimum Gasteiger partial charge on any atom is -0.378 e. The van der Waals surface area contributed by atoms with Gasteiger partial charge in [0, 0.05) is 25.8 Å². The molecule has 0 saturated carbocycles. The van der Waals surface area contributed by atoms with Gasteiger partial charge < -0.3 is 9.64 Å². The number of carbonyl (C=O) groups is 1. The first kappa shape index (κ1) is 20.1. The number of amides is 1. The van der Waals surface area contributed by atoms with Crippen molar-refractivity contribution in [3.05, 3.63) is 45.2 Å². The molecule has 4 rings (SSSR count). The number of pyridine rings is 1. The van der Waals surface area contributed by atoms with Crippen molar-refractivity contribution in [3.8, 4) is 0 Å². The predicted molar refractivity (Wildman–Crippen MR) is 119 cm³/mol. The van der Waals surface area contributed by atoms with Crippen LogP contribution in [0.2, 0.25) is 0 Å². The third kappa shape index (κ3) is 3.94. The predicted octanol–water partition coefficient (Wildman–Crippen LogP) is 2.39. The highest BCUT2D eigenvalue weighted by Crippen LogP contribution is 2.34. The van der Waals surface area contributed by atoms with Crippen LogP contribution in [0, 0.1) is 5.92 Å². The minimum atomic E-state index is -0.203. The van der Waals surface area contributed by atoms with Crippen molar-refractivity contribution in [1.82, 2.24) is 14.3 Å². The van der Waals surface area contributed by atoms with Crippen LogP contribution >= 0.6 is 24.0 Å². The van der Waals surface area contributed by atoms with Gasteiger partial charge in [0.05, 0.1) is 23.7 Å². The second kappa shape index (κ2) is 8.25. The van der Waals surface area contributed by atoms with Gasteiger partial charge in [-0.2, -0.15) is 0 Å². The van der Waals surface area contributed by atoms with Gasteiger partial charge in [0.2, 0.25) is 0 Å². The first-order valence-electron chi connectivity index (χ1n) is 9.55. The average Bonchev–Trinajstić information content (AvgIpc) is 2.97. The Hall–Kier alpha value is -2.23. The summed E-state index contributed by atoms with van der Waals surface area (Å²) in [5.41, 5.74) is 0.773. The molecule has 1 amide bonds. The molecule has 2 aromatic heterocycles. The van der Waals surface area contributed by atoms with E-state index in [1.54, 1.807) is 29.3 Å². The van der Waals surface area contributed by atoms with E-state index in [1.807, 2.05) is 24.8 Å². The van der Waals surface area contributed by atoms with Crippen LogP contribution in [0.25, 0.3) is 11.7 Å². The summed E-state index contributed by atoms with van der Waals surface area (Å²) in [4.78, 5) is 35.0. The number of hydrogen-bond acceptors (Lipinski definition) is 7. The Labute approximate surface area is 178 Å². The van der Waals surface area contributed by atoms with Gasteiger partial charge in [-0.25, -0.2) is 4.98 Å². The van der Waals surface area contributed by atoms with Crippen molar-refractivity contribution < 1.29 is 9.53 Å². The molecule has 0 aliphatic carbocycles. The summed E-state index contributed by atoms with van der Waals surface area (Å²) in [6.45, 7) is 7.08. The van der Waals surface area contributed by atoms with Gasteiger partial charge in [-0.1, -0.05) is 43.9 Å². The molecule has 2 aliphatic heterocycles. The van der Waals surface area contributed by atoms with Crippen LogP contribution in [-0.4, -0.2) is 57.4 Å². The van der Waals surface area contributed by atoms with Gasteiger partial charge in [-0.05, 0) is 24.1 Å². The fourth-order valence-electron chi connectivity index (χ4n) is 3.39. The van der Waals surface area contributed by atoms with E-state index in [2.05, 4.69) is 0 Å². The Kier molecular flexibility index (Phi) is 5.71. The summed E-state index contributed by atoms with van der Waals surface area (Å²) in [7, 11) is 0. The van der Waals surface area contributed by atoms with E-state index in [1.165, 1.54) is 16.2 Å². The van der Waals surface area contributed by atoms with E-state index in [0.29, 0.717) is 65.0 Å². The molecule has 0 N–H and O–H groups in total. The highest BCUT2D eigenvalue weighted by Gasteiger charge is 2.33. The maximum Gasteiger partial charge on any atom is 0.267 e. The lowest BCUT2D eigenvalue weighted by Crippen LogP contribution is -2.38. The lowest BCUT2D eigenvalue weighted by molar-refractivity contribution is -0.122. The number of fused-ring (bicyclic) bond motifs is 1. The Bertz CT molecular complexity index is 1060. The SMILES string of the molecule is CC(C)CN1C(=O)C(=Cc2c(N3CCOCC3)nc3ccccn3c2=O)SC1=S. The van der Waals surface area contributed by atoms with E-state index >= 15 is 0 Å². The molecule has 0 bridgehead atoms. The van der Waals surface area contributed by atoms with Crippen molar-refractivity contribution in [2.24, 2.45) is 5.92 Å². The van der Waals surface area contributed by atoms with Crippen LogP contribution in [0.1, 0.15) is 19.4 Å². The van der Waals surface area contributed by atoms with E-state index in [0.717, 1.165) is 0 Å². The molecule has 0 spiro atoms. The van der Waals surface area contributed by atoms with E-state index in [-0.39, 0.29) is 11.5 Å². The Morgan fingerprint density at radius 2 is 2.03 bits per heavy atom. The van der Waals surface area contributed by atoms with Crippen molar-refractivity contribution in [2.45, 2.75) is 13.8 Å². The fraction of sp³-hybridized carbons (Fsp3) is 0.400. The molecule has 0 aromatic carbocycles. The van der Waals surface area contributed by atoms with Crippen molar-refractivity contribution >= 4 is 51.7 Å². The van der Waals surface area contributed by atoms with E-state index in [9.17, 15) is 9.59 Å². The number of carbonyl (C=O) groups excluding carboxylic acids is 1. The summed E-state index contributed by atoms with van der Waals surface area (Å²) < 4.78 is 7.47. The second-order valence-corrected chi connectivity index (χ2v) is 9.04. The zero-order chi connectivity index (χ0) is 20.5. The highest BCUT2D eigenvalue weighted by atomic mass is 32.2. The van der Waals surface area contributed by atoms with Crippen LogP contribution in [-0.2, 0) is 9.53 Å². The number of rotatable bonds is 4. The van der Waals surface area contributed by atoms with Crippen molar-refractivity contribution in [2.75, 3.05) is 37.7 Å². The highest BCUT2D eigenvalue weighted by molar-refractivity contribution is 8.26. The topological polar surface area (TPSA) is 67.2 Å². The quantitative estimate of drug-likeness (QED) is 0.545. The molecule has 4 heterocycles. The number of anilines is 1. The maximum atomic E-state index is 13.3. The molecule has 0 unspecified atom stereocenters. The lowest BCUT2D eigenvalue weighted by atomic mass is 10.2.